The van der Waals surface area contributed by atoms with Gasteiger partial charge in [-0.15, -0.1) is 0 Å². The summed E-state index contributed by atoms with van der Waals surface area (Å²) in [6, 6.07) is 2.93. The van der Waals surface area contributed by atoms with E-state index in [0.29, 0.717) is 16.3 Å². The highest BCUT2D eigenvalue weighted by molar-refractivity contribution is 8.13. The van der Waals surface area contributed by atoms with Gasteiger partial charge in [-0.1, -0.05) is 23.2 Å². The van der Waals surface area contributed by atoms with Crippen molar-refractivity contribution >= 4 is 42.9 Å². The molecule has 0 amide bonds. The van der Waals surface area contributed by atoms with Crippen molar-refractivity contribution < 1.29 is 13.2 Å². The number of hydrogen-bond donors (Lipinski definition) is 0. The first kappa shape index (κ1) is 12.9. The van der Waals surface area contributed by atoms with Crippen LogP contribution in [0.4, 0.5) is 0 Å². The van der Waals surface area contributed by atoms with E-state index in [4.69, 9.17) is 38.6 Å². The van der Waals surface area contributed by atoms with Crippen LogP contribution in [0.5, 0.6) is 5.75 Å². The van der Waals surface area contributed by atoms with Crippen LogP contribution < -0.4 is 4.74 Å². The van der Waals surface area contributed by atoms with E-state index in [9.17, 15) is 8.42 Å². The normalized spacial score (nSPS) is 11.5. The molecule has 15 heavy (non-hydrogen) atoms. The Labute approximate surface area is 102 Å². The van der Waals surface area contributed by atoms with Gasteiger partial charge in [0.05, 0.1) is 17.9 Å². The molecule has 0 saturated heterocycles. The van der Waals surface area contributed by atoms with Crippen LogP contribution in [0.3, 0.4) is 0 Å². The predicted octanol–water partition coefficient (Wildman–Crippen LogP) is 3.07. The van der Waals surface area contributed by atoms with E-state index in [0.717, 1.165) is 0 Å². The molecule has 0 heterocycles. The minimum absolute atomic E-state index is 0.200. The van der Waals surface area contributed by atoms with E-state index in [2.05, 4.69) is 0 Å². The molecule has 3 nitrogen and oxygen atoms in total. The molecule has 0 fully saturated rings. The number of halogens is 3. The molecule has 1 aromatic carbocycles. The van der Waals surface area contributed by atoms with Crippen molar-refractivity contribution in [3.8, 4) is 5.75 Å². The first-order valence-electron chi connectivity index (χ1n) is 3.77. The smallest absolute Gasteiger partial charge is 0.236 e. The Kier molecular flexibility index (Phi) is 4.12. The van der Waals surface area contributed by atoms with Gasteiger partial charge in [-0.2, -0.15) is 0 Å². The van der Waals surface area contributed by atoms with Gasteiger partial charge in [-0.05, 0) is 11.6 Å². The fourth-order valence-corrected chi connectivity index (χ4v) is 2.57. The zero-order valence-corrected chi connectivity index (χ0v) is 10.7. The van der Waals surface area contributed by atoms with Crippen LogP contribution in [0.15, 0.2) is 12.1 Å². The fraction of sp³-hybridized carbons (Fsp3) is 0.250. The molecule has 0 aliphatic rings. The van der Waals surface area contributed by atoms with E-state index in [-0.39, 0.29) is 10.8 Å². The Hall–Kier alpha value is -0.160. The number of hydrogen-bond acceptors (Lipinski definition) is 3. The van der Waals surface area contributed by atoms with Crippen molar-refractivity contribution in [3.05, 3.63) is 27.7 Å². The molecular formula is C8H7Cl3O3S. The summed E-state index contributed by atoms with van der Waals surface area (Å²) >= 11 is 11.6. The largest absolute Gasteiger partial charge is 0.495 e. The molecule has 0 aromatic heterocycles. The lowest BCUT2D eigenvalue weighted by Gasteiger charge is -2.08. The molecule has 0 aliphatic carbocycles. The zero-order chi connectivity index (χ0) is 11.6. The predicted molar refractivity (Wildman–Crippen MR) is 61.5 cm³/mol. The maximum absolute atomic E-state index is 10.9. The summed E-state index contributed by atoms with van der Waals surface area (Å²) in [6.07, 6.45) is 0. The Bertz CT molecular complexity index is 470. The van der Waals surface area contributed by atoms with Crippen LogP contribution in [-0.2, 0) is 14.8 Å². The summed E-state index contributed by atoms with van der Waals surface area (Å²) in [7, 11) is 2.86. The zero-order valence-electron chi connectivity index (χ0n) is 7.63. The van der Waals surface area contributed by atoms with Crippen LogP contribution in [-0.4, -0.2) is 15.5 Å². The molecule has 0 aliphatic heterocycles. The highest BCUT2D eigenvalue weighted by Gasteiger charge is 2.14. The third-order valence-electron chi connectivity index (χ3n) is 1.63. The Morgan fingerprint density at radius 1 is 1.33 bits per heavy atom. The lowest BCUT2D eigenvalue weighted by molar-refractivity contribution is 0.414. The van der Waals surface area contributed by atoms with Crippen LogP contribution >= 0.6 is 33.9 Å². The van der Waals surface area contributed by atoms with E-state index in [1.807, 2.05) is 0 Å². The third-order valence-corrected chi connectivity index (χ3v) is 3.26. The van der Waals surface area contributed by atoms with E-state index in [1.54, 1.807) is 0 Å². The van der Waals surface area contributed by atoms with Gasteiger partial charge in [0.1, 0.15) is 5.75 Å². The first-order valence-corrected chi connectivity index (χ1v) is 7.01. The van der Waals surface area contributed by atoms with Gasteiger partial charge >= 0.3 is 0 Å². The van der Waals surface area contributed by atoms with Crippen molar-refractivity contribution in [3.63, 3.8) is 0 Å². The standard InChI is InChI=1S/C8H7Cl3O3S/c1-14-7-3-6(9)2-5(8(7)10)4-15(11,12)13/h2-3H,4H2,1H3. The SMILES string of the molecule is COc1cc(Cl)cc(CS(=O)(=O)Cl)c1Cl. The van der Waals surface area contributed by atoms with Crippen LogP contribution in [0, 0.1) is 0 Å². The summed E-state index contributed by atoms with van der Waals surface area (Å²) in [5.74, 6) is -0.0656. The van der Waals surface area contributed by atoms with Gasteiger partial charge in [0.2, 0.25) is 9.05 Å². The van der Waals surface area contributed by atoms with Gasteiger partial charge in [0.25, 0.3) is 0 Å². The summed E-state index contributed by atoms with van der Waals surface area (Å²) in [5, 5.41) is 0.540. The van der Waals surface area contributed by atoms with Crippen molar-refractivity contribution in [1.82, 2.24) is 0 Å². The summed E-state index contributed by atoms with van der Waals surface area (Å²) < 4.78 is 26.7. The third kappa shape index (κ3) is 3.72. The first-order chi connectivity index (χ1) is 6.83. The van der Waals surface area contributed by atoms with Gasteiger partial charge < -0.3 is 4.74 Å². The molecule has 7 heteroatoms. The van der Waals surface area contributed by atoms with Gasteiger partial charge in [0.15, 0.2) is 0 Å². The van der Waals surface area contributed by atoms with Crippen LogP contribution in [0.2, 0.25) is 10.0 Å². The number of ether oxygens (including phenoxy) is 1. The summed E-state index contributed by atoms with van der Waals surface area (Å²) in [5.41, 5.74) is 0.316. The average molecular weight is 290 g/mol. The average Bonchev–Trinajstić information content (AvgIpc) is 2.08. The molecule has 1 rings (SSSR count). The lowest BCUT2D eigenvalue weighted by Crippen LogP contribution is -1.97. The topological polar surface area (TPSA) is 43.4 Å². The minimum Gasteiger partial charge on any atom is -0.495 e. The van der Waals surface area contributed by atoms with Crippen molar-refractivity contribution in [1.29, 1.82) is 0 Å². The van der Waals surface area contributed by atoms with Crippen LogP contribution in [0.1, 0.15) is 5.56 Å². The molecule has 1 aromatic rings. The van der Waals surface area contributed by atoms with Crippen LogP contribution in [0.25, 0.3) is 0 Å². The van der Waals surface area contributed by atoms with E-state index < -0.39 is 9.05 Å². The van der Waals surface area contributed by atoms with E-state index >= 15 is 0 Å². The molecule has 84 valence electrons. The van der Waals surface area contributed by atoms with Crippen molar-refractivity contribution in [2.24, 2.45) is 0 Å². The summed E-state index contributed by atoms with van der Waals surface area (Å²) in [4.78, 5) is 0. The Balaban J connectivity index is 3.24. The van der Waals surface area contributed by atoms with Gasteiger partial charge in [0, 0.05) is 21.8 Å². The van der Waals surface area contributed by atoms with Crippen molar-refractivity contribution in [2.75, 3.05) is 7.11 Å². The molecule has 0 radical (unpaired) electrons. The van der Waals surface area contributed by atoms with E-state index in [1.165, 1.54) is 19.2 Å². The number of rotatable bonds is 3. The molecule has 0 spiro atoms. The maximum Gasteiger partial charge on any atom is 0.236 e. The Morgan fingerprint density at radius 3 is 2.40 bits per heavy atom. The Morgan fingerprint density at radius 2 is 1.93 bits per heavy atom. The fourth-order valence-electron chi connectivity index (χ4n) is 1.06. The van der Waals surface area contributed by atoms with Crippen molar-refractivity contribution in [2.45, 2.75) is 5.75 Å². The minimum atomic E-state index is -3.67. The number of methoxy groups -OCH3 is 1. The monoisotopic (exact) mass is 288 g/mol. The molecular weight excluding hydrogens is 283 g/mol. The second-order valence-electron chi connectivity index (χ2n) is 2.76. The second kappa shape index (κ2) is 4.78. The highest BCUT2D eigenvalue weighted by atomic mass is 35.7. The molecule has 0 saturated carbocycles. The quantitative estimate of drug-likeness (QED) is 0.803. The molecule has 0 N–H and O–H groups in total. The van der Waals surface area contributed by atoms with Gasteiger partial charge in [-0.3, -0.25) is 0 Å². The van der Waals surface area contributed by atoms with Gasteiger partial charge in [-0.25, -0.2) is 8.42 Å². The second-order valence-corrected chi connectivity index (χ2v) is 6.36. The summed E-state index contributed by atoms with van der Waals surface area (Å²) in [6.45, 7) is 0. The molecule has 0 bridgehead atoms. The molecule has 0 unspecified atom stereocenters. The molecule has 0 atom stereocenters. The lowest BCUT2D eigenvalue weighted by atomic mass is 10.2. The number of benzene rings is 1. The maximum atomic E-state index is 10.9. The highest BCUT2D eigenvalue weighted by Crippen LogP contribution is 2.33.